The van der Waals surface area contributed by atoms with Gasteiger partial charge in [0.1, 0.15) is 5.78 Å². The van der Waals surface area contributed by atoms with Gasteiger partial charge in [-0.25, -0.2) is 0 Å². The summed E-state index contributed by atoms with van der Waals surface area (Å²) >= 11 is 0. The van der Waals surface area contributed by atoms with E-state index < -0.39 is 5.97 Å². The summed E-state index contributed by atoms with van der Waals surface area (Å²) < 4.78 is 5.70. The highest BCUT2D eigenvalue weighted by Gasteiger charge is 2.63. The van der Waals surface area contributed by atoms with Crippen LogP contribution in [0.3, 0.4) is 0 Å². The fourth-order valence-electron chi connectivity index (χ4n) is 8.63. The average molecular weight is 405 g/mol. The maximum Gasteiger partial charge on any atom is 0.303 e. The first-order valence-corrected chi connectivity index (χ1v) is 12.0. The van der Waals surface area contributed by atoms with E-state index in [0.29, 0.717) is 59.2 Å². The lowest BCUT2D eigenvalue weighted by Crippen LogP contribution is -2.57. The van der Waals surface area contributed by atoms with Crippen LogP contribution in [0, 0.1) is 46.3 Å². The number of carboxylic acid groups (broad SMARTS) is 1. The van der Waals surface area contributed by atoms with Gasteiger partial charge in [0.15, 0.2) is 0 Å². The normalized spacial score (nSPS) is 47.8. The first kappa shape index (κ1) is 21.3. The quantitative estimate of drug-likeness (QED) is 0.672. The molecule has 4 rings (SSSR count). The van der Waals surface area contributed by atoms with Crippen LogP contribution in [-0.4, -0.2) is 30.1 Å². The first-order valence-electron chi connectivity index (χ1n) is 12.0. The van der Waals surface area contributed by atoms with Crippen LogP contribution in [0.4, 0.5) is 0 Å². The summed E-state index contributed by atoms with van der Waals surface area (Å²) in [6.07, 6.45) is 10.4. The van der Waals surface area contributed by atoms with Crippen molar-refractivity contribution in [1.29, 1.82) is 0 Å². The second-order valence-corrected chi connectivity index (χ2v) is 11.3. The molecular weight excluding hydrogens is 364 g/mol. The fourth-order valence-corrected chi connectivity index (χ4v) is 8.63. The molecule has 4 nitrogen and oxygen atoms in total. The molecule has 0 spiro atoms. The molecular formula is C25H40O4. The second kappa shape index (κ2) is 7.66. The molecule has 0 aromatic carbocycles. The van der Waals surface area contributed by atoms with E-state index in [2.05, 4.69) is 20.8 Å². The van der Waals surface area contributed by atoms with Gasteiger partial charge in [0.05, 0.1) is 6.10 Å². The Morgan fingerprint density at radius 1 is 1.17 bits per heavy atom. The van der Waals surface area contributed by atoms with Crippen molar-refractivity contribution in [2.24, 2.45) is 46.3 Å². The zero-order chi connectivity index (χ0) is 21.0. The smallest absolute Gasteiger partial charge is 0.303 e. The number of carbonyl (C=O) groups excluding carboxylic acids is 1. The minimum Gasteiger partial charge on any atom is -0.481 e. The Bertz CT molecular complexity index is 659. The molecule has 9 atom stereocenters. The van der Waals surface area contributed by atoms with Crippen molar-refractivity contribution in [3.63, 3.8) is 0 Å². The molecule has 0 saturated heterocycles. The molecule has 4 fully saturated rings. The van der Waals surface area contributed by atoms with Crippen LogP contribution in [0.5, 0.6) is 0 Å². The zero-order valence-electron chi connectivity index (χ0n) is 18.8. The van der Waals surface area contributed by atoms with Crippen LogP contribution < -0.4 is 0 Å². The Hall–Kier alpha value is -0.900. The van der Waals surface area contributed by atoms with E-state index in [1.165, 1.54) is 25.7 Å². The molecule has 0 bridgehead atoms. The van der Waals surface area contributed by atoms with Crippen LogP contribution in [0.15, 0.2) is 0 Å². The van der Waals surface area contributed by atoms with Gasteiger partial charge >= 0.3 is 5.97 Å². The number of Topliss-reactive ketones (excluding diaryl/α,β-unsaturated/α-hetero) is 1. The molecule has 0 aromatic heterocycles. The van der Waals surface area contributed by atoms with Gasteiger partial charge in [0, 0.05) is 25.4 Å². The van der Waals surface area contributed by atoms with Crippen LogP contribution in [0.2, 0.25) is 0 Å². The number of hydrogen-bond acceptors (Lipinski definition) is 3. The average Bonchev–Trinajstić information content (AvgIpc) is 3.05. The van der Waals surface area contributed by atoms with E-state index in [-0.39, 0.29) is 11.8 Å². The standard InChI is InChI=1S/C25H40O4/c1-15(5-10-23(27)28)19-8-9-20-18-7-6-16-13-17(29-4)11-12-24(16,2)21(18)14-22(26)25(19,20)3/h15-21H,5-14H2,1-4H3,(H,27,28)/t15-,16+,17+,18-,19-,20-,21-,24+,25-/m1/s1. The van der Waals surface area contributed by atoms with Gasteiger partial charge in [0.2, 0.25) is 0 Å². The predicted molar refractivity (Wildman–Crippen MR) is 112 cm³/mol. The summed E-state index contributed by atoms with van der Waals surface area (Å²) in [5.74, 6) is 2.86. The van der Waals surface area contributed by atoms with Gasteiger partial charge in [-0.15, -0.1) is 0 Å². The van der Waals surface area contributed by atoms with Gasteiger partial charge in [-0.1, -0.05) is 20.8 Å². The highest BCUT2D eigenvalue weighted by Crippen LogP contribution is 2.67. The molecule has 4 saturated carbocycles. The van der Waals surface area contributed by atoms with E-state index in [1.54, 1.807) is 0 Å². The molecule has 4 heteroatoms. The third-order valence-corrected chi connectivity index (χ3v) is 10.4. The molecule has 164 valence electrons. The molecule has 4 aliphatic carbocycles. The van der Waals surface area contributed by atoms with Crippen molar-refractivity contribution in [2.45, 2.75) is 91.1 Å². The number of ether oxygens (including phenoxy) is 1. The van der Waals surface area contributed by atoms with E-state index >= 15 is 0 Å². The van der Waals surface area contributed by atoms with Crippen molar-refractivity contribution in [1.82, 2.24) is 0 Å². The van der Waals surface area contributed by atoms with Crippen molar-refractivity contribution in [3.8, 4) is 0 Å². The van der Waals surface area contributed by atoms with Crippen molar-refractivity contribution < 1.29 is 19.4 Å². The molecule has 0 amide bonds. The highest BCUT2D eigenvalue weighted by atomic mass is 16.5. The summed E-state index contributed by atoms with van der Waals surface area (Å²) in [7, 11) is 1.85. The van der Waals surface area contributed by atoms with E-state index in [1.807, 2.05) is 7.11 Å². The lowest BCUT2D eigenvalue weighted by Gasteiger charge is -2.60. The number of ketones is 1. The Labute approximate surface area is 176 Å². The summed E-state index contributed by atoms with van der Waals surface area (Å²) in [6.45, 7) is 6.92. The van der Waals surface area contributed by atoms with Crippen molar-refractivity contribution in [2.75, 3.05) is 7.11 Å². The SMILES string of the molecule is CO[C@H]1CC[C@@]2(C)[C@@H](CC[C@H]3[C@H]2CC(=O)[C@@]2(C)[C@@H]3CC[C@@H]2[C@H](C)CCC(=O)O)C1. The molecule has 0 heterocycles. The second-order valence-electron chi connectivity index (χ2n) is 11.3. The topological polar surface area (TPSA) is 63.6 Å². The number of fused-ring (bicyclic) bond motifs is 5. The Kier molecular flexibility index (Phi) is 5.63. The number of carboxylic acids is 1. The van der Waals surface area contributed by atoms with Gasteiger partial charge < -0.3 is 9.84 Å². The van der Waals surface area contributed by atoms with Crippen molar-refractivity contribution in [3.05, 3.63) is 0 Å². The van der Waals surface area contributed by atoms with Crippen LogP contribution in [0.25, 0.3) is 0 Å². The molecule has 0 aliphatic heterocycles. The summed E-state index contributed by atoms with van der Waals surface area (Å²) in [4.78, 5) is 24.8. The molecule has 4 aliphatic rings. The van der Waals surface area contributed by atoms with E-state index in [0.717, 1.165) is 25.7 Å². The number of hydrogen-bond donors (Lipinski definition) is 1. The first-order chi connectivity index (χ1) is 13.7. The Morgan fingerprint density at radius 3 is 2.62 bits per heavy atom. The van der Waals surface area contributed by atoms with E-state index in [9.17, 15) is 9.59 Å². The summed E-state index contributed by atoms with van der Waals surface area (Å²) in [5.41, 5.74) is 0.0635. The predicted octanol–water partition coefficient (Wildman–Crippen LogP) is 5.34. The lowest BCUT2D eigenvalue weighted by molar-refractivity contribution is -0.161. The van der Waals surface area contributed by atoms with Gasteiger partial charge in [-0.2, -0.15) is 0 Å². The molecule has 0 unspecified atom stereocenters. The molecule has 1 N–H and O–H groups in total. The zero-order valence-corrected chi connectivity index (χ0v) is 18.8. The number of rotatable bonds is 5. The molecule has 29 heavy (non-hydrogen) atoms. The Balaban J connectivity index is 1.56. The third kappa shape index (κ3) is 3.28. The maximum absolute atomic E-state index is 13.7. The summed E-state index contributed by atoms with van der Waals surface area (Å²) in [5, 5.41) is 9.11. The minimum atomic E-state index is -0.718. The number of aliphatic carboxylic acids is 1. The van der Waals surface area contributed by atoms with Crippen LogP contribution in [0.1, 0.15) is 85.0 Å². The molecule has 0 radical (unpaired) electrons. The van der Waals surface area contributed by atoms with E-state index in [4.69, 9.17) is 9.84 Å². The monoisotopic (exact) mass is 404 g/mol. The van der Waals surface area contributed by atoms with Crippen LogP contribution in [-0.2, 0) is 14.3 Å². The molecule has 0 aromatic rings. The minimum absolute atomic E-state index is 0.221. The maximum atomic E-state index is 13.7. The Morgan fingerprint density at radius 2 is 1.93 bits per heavy atom. The largest absolute Gasteiger partial charge is 0.481 e. The number of methoxy groups -OCH3 is 1. The van der Waals surface area contributed by atoms with Crippen LogP contribution >= 0.6 is 0 Å². The van der Waals surface area contributed by atoms with Gasteiger partial charge in [-0.05, 0) is 92.3 Å². The number of carbonyl (C=O) groups is 2. The highest BCUT2D eigenvalue weighted by molar-refractivity contribution is 5.87. The fraction of sp³-hybridized carbons (Fsp3) is 0.920. The van der Waals surface area contributed by atoms with Gasteiger partial charge in [0.25, 0.3) is 0 Å². The van der Waals surface area contributed by atoms with Crippen molar-refractivity contribution >= 4 is 11.8 Å². The third-order valence-electron chi connectivity index (χ3n) is 10.4. The lowest BCUT2D eigenvalue weighted by atomic mass is 9.44. The van der Waals surface area contributed by atoms with Gasteiger partial charge in [-0.3, -0.25) is 9.59 Å². The summed E-state index contributed by atoms with van der Waals surface area (Å²) in [6, 6.07) is 0.